The first-order chi connectivity index (χ1) is 8.76. The molecule has 2 aliphatic rings. The molecule has 0 aromatic heterocycles. The van der Waals surface area contributed by atoms with Crippen LogP contribution in [0.3, 0.4) is 0 Å². The van der Waals surface area contributed by atoms with E-state index in [1.54, 1.807) is 12.1 Å². The Balaban J connectivity index is 1.69. The lowest BCUT2D eigenvalue weighted by molar-refractivity contribution is 0.0959. The fourth-order valence-electron chi connectivity index (χ4n) is 3.24. The van der Waals surface area contributed by atoms with Crippen molar-refractivity contribution in [1.29, 1.82) is 0 Å². The van der Waals surface area contributed by atoms with Crippen LogP contribution in [-0.2, 0) is 4.74 Å². The predicted octanol–water partition coefficient (Wildman–Crippen LogP) is 3.19. The van der Waals surface area contributed by atoms with Gasteiger partial charge in [-0.25, -0.2) is 4.39 Å². The van der Waals surface area contributed by atoms with E-state index in [4.69, 9.17) is 4.74 Å². The molecule has 3 rings (SSSR count). The van der Waals surface area contributed by atoms with Crippen LogP contribution in [0.15, 0.2) is 24.3 Å². The summed E-state index contributed by atoms with van der Waals surface area (Å²) in [6.45, 7) is 2.14. The van der Waals surface area contributed by atoms with Gasteiger partial charge in [0.15, 0.2) is 0 Å². The minimum atomic E-state index is -0.156. The normalized spacial score (nSPS) is 31.8. The van der Waals surface area contributed by atoms with Gasteiger partial charge < -0.3 is 10.1 Å². The van der Waals surface area contributed by atoms with Crippen LogP contribution in [0.4, 0.5) is 4.39 Å². The molecule has 2 heterocycles. The second-order valence-corrected chi connectivity index (χ2v) is 5.40. The number of hydrogen-bond donors (Lipinski definition) is 1. The van der Waals surface area contributed by atoms with Gasteiger partial charge in [-0.3, -0.25) is 0 Å². The van der Waals surface area contributed by atoms with Crippen molar-refractivity contribution in [3.05, 3.63) is 35.6 Å². The molecule has 18 heavy (non-hydrogen) atoms. The Hall–Kier alpha value is -0.930. The molecule has 0 amide bonds. The van der Waals surface area contributed by atoms with Gasteiger partial charge in [0.2, 0.25) is 0 Å². The van der Waals surface area contributed by atoms with E-state index in [0.29, 0.717) is 18.2 Å². The summed E-state index contributed by atoms with van der Waals surface area (Å²) in [6, 6.07) is 7.59. The Kier molecular flexibility index (Phi) is 3.35. The fourth-order valence-corrected chi connectivity index (χ4v) is 3.24. The van der Waals surface area contributed by atoms with E-state index in [9.17, 15) is 4.39 Å². The molecule has 2 bridgehead atoms. The summed E-state index contributed by atoms with van der Waals surface area (Å²) < 4.78 is 19.1. The van der Waals surface area contributed by atoms with Gasteiger partial charge in [0, 0.05) is 12.1 Å². The maximum absolute atomic E-state index is 13.3. The minimum Gasteiger partial charge on any atom is -0.373 e. The minimum absolute atomic E-state index is 0.156. The summed E-state index contributed by atoms with van der Waals surface area (Å²) in [5.41, 5.74) is 1.04. The van der Waals surface area contributed by atoms with Gasteiger partial charge in [0.1, 0.15) is 5.82 Å². The molecule has 4 atom stereocenters. The van der Waals surface area contributed by atoms with Crippen molar-refractivity contribution in [1.82, 2.24) is 5.32 Å². The Morgan fingerprint density at radius 1 is 1.44 bits per heavy atom. The van der Waals surface area contributed by atoms with E-state index < -0.39 is 0 Å². The van der Waals surface area contributed by atoms with Gasteiger partial charge >= 0.3 is 0 Å². The van der Waals surface area contributed by atoms with E-state index in [1.807, 2.05) is 6.07 Å². The lowest BCUT2D eigenvalue weighted by atomic mass is 9.93. The van der Waals surface area contributed by atoms with Crippen molar-refractivity contribution in [2.45, 2.75) is 56.9 Å². The maximum atomic E-state index is 13.3. The first-order valence-electron chi connectivity index (χ1n) is 6.93. The number of ether oxygens (including phenoxy) is 1. The molecule has 0 saturated carbocycles. The van der Waals surface area contributed by atoms with E-state index in [2.05, 4.69) is 12.2 Å². The Morgan fingerprint density at radius 2 is 2.33 bits per heavy atom. The maximum Gasteiger partial charge on any atom is 0.123 e. The fraction of sp³-hybridized carbons (Fsp3) is 0.600. The number of benzene rings is 1. The van der Waals surface area contributed by atoms with Crippen LogP contribution >= 0.6 is 0 Å². The molecule has 0 spiro atoms. The molecule has 3 heteroatoms. The van der Waals surface area contributed by atoms with Crippen LogP contribution in [0.5, 0.6) is 0 Å². The number of rotatable bonds is 4. The van der Waals surface area contributed by atoms with E-state index in [1.165, 1.54) is 18.9 Å². The lowest BCUT2D eigenvalue weighted by Crippen LogP contribution is -2.39. The highest BCUT2D eigenvalue weighted by Gasteiger charge is 2.41. The molecule has 2 saturated heterocycles. The smallest absolute Gasteiger partial charge is 0.123 e. The summed E-state index contributed by atoms with van der Waals surface area (Å²) in [5, 5.41) is 3.65. The third-order valence-corrected chi connectivity index (χ3v) is 4.18. The first-order valence-corrected chi connectivity index (χ1v) is 6.93. The van der Waals surface area contributed by atoms with E-state index in [0.717, 1.165) is 18.4 Å². The standard InChI is InChI=1S/C15H20FNO/c1-2-13(10-4-3-5-11(16)8-10)17-14-9-12-6-7-15(14)18-12/h3-5,8,12-15,17H,2,6-7,9H2,1H3. The molecular weight excluding hydrogens is 229 g/mol. The zero-order valence-electron chi connectivity index (χ0n) is 10.7. The monoisotopic (exact) mass is 249 g/mol. The van der Waals surface area contributed by atoms with Crippen molar-refractivity contribution in [3.8, 4) is 0 Å². The van der Waals surface area contributed by atoms with E-state index >= 15 is 0 Å². The number of fused-ring (bicyclic) bond motifs is 2. The largest absolute Gasteiger partial charge is 0.373 e. The molecule has 1 N–H and O–H groups in total. The molecule has 2 fully saturated rings. The average molecular weight is 249 g/mol. The Morgan fingerprint density at radius 3 is 2.94 bits per heavy atom. The van der Waals surface area contributed by atoms with Crippen LogP contribution in [-0.4, -0.2) is 18.2 Å². The van der Waals surface area contributed by atoms with Gasteiger partial charge in [-0.1, -0.05) is 19.1 Å². The van der Waals surface area contributed by atoms with Crippen molar-refractivity contribution in [2.24, 2.45) is 0 Å². The zero-order chi connectivity index (χ0) is 12.5. The van der Waals surface area contributed by atoms with Gasteiger partial charge in [-0.05, 0) is 43.4 Å². The van der Waals surface area contributed by atoms with Gasteiger partial charge in [-0.15, -0.1) is 0 Å². The number of halogens is 1. The lowest BCUT2D eigenvalue weighted by Gasteiger charge is -2.26. The van der Waals surface area contributed by atoms with Crippen LogP contribution < -0.4 is 5.32 Å². The quantitative estimate of drug-likeness (QED) is 0.885. The van der Waals surface area contributed by atoms with Gasteiger partial charge in [-0.2, -0.15) is 0 Å². The molecule has 98 valence electrons. The average Bonchev–Trinajstić information content (AvgIpc) is 2.98. The molecular formula is C15H20FNO. The summed E-state index contributed by atoms with van der Waals surface area (Å²) in [5.74, 6) is -0.156. The third kappa shape index (κ3) is 2.29. The van der Waals surface area contributed by atoms with E-state index in [-0.39, 0.29) is 11.9 Å². The van der Waals surface area contributed by atoms with Crippen molar-refractivity contribution in [3.63, 3.8) is 0 Å². The summed E-state index contributed by atoms with van der Waals surface area (Å²) in [4.78, 5) is 0. The SMILES string of the molecule is CCC(NC1CC2CCC1O2)c1cccc(F)c1. The Labute approximate surface area is 108 Å². The predicted molar refractivity (Wildman–Crippen MR) is 68.9 cm³/mol. The van der Waals surface area contributed by atoms with Gasteiger partial charge in [0.05, 0.1) is 12.2 Å². The van der Waals surface area contributed by atoms with Gasteiger partial charge in [0.25, 0.3) is 0 Å². The molecule has 4 unspecified atom stereocenters. The highest BCUT2D eigenvalue weighted by atomic mass is 19.1. The summed E-state index contributed by atoms with van der Waals surface area (Å²) in [6.07, 6.45) is 5.28. The Bertz CT molecular complexity index is 423. The second-order valence-electron chi connectivity index (χ2n) is 5.40. The molecule has 2 aliphatic heterocycles. The number of nitrogens with one attached hydrogen (secondary N) is 1. The van der Waals surface area contributed by atoms with Crippen LogP contribution in [0.2, 0.25) is 0 Å². The molecule has 1 aromatic rings. The summed E-state index contributed by atoms with van der Waals surface area (Å²) >= 11 is 0. The van der Waals surface area contributed by atoms with Crippen LogP contribution in [0.1, 0.15) is 44.2 Å². The van der Waals surface area contributed by atoms with Crippen LogP contribution in [0.25, 0.3) is 0 Å². The molecule has 2 nitrogen and oxygen atoms in total. The topological polar surface area (TPSA) is 21.3 Å². The highest BCUT2D eigenvalue weighted by Crippen LogP contribution is 2.35. The first kappa shape index (κ1) is 12.1. The van der Waals surface area contributed by atoms with Crippen molar-refractivity contribution in [2.75, 3.05) is 0 Å². The zero-order valence-corrected chi connectivity index (χ0v) is 10.7. The molecule has 1 aromatic carbocycles. The molecule has 0 aliphatic carbocycles. The van der Waals surface area contributed by atoms with Crippen LogP contribution in [0, 0.1) is 5.82 Å². The second kappa shape index (κ2) is 4.98. The molecule has 0 radical (unpaired) electrons. The highest BCUT2D eigenvalue weighted by molar-refractivity contribution is 5.20. The summed E-state index contributed by atoms with van der Waals surface area (Å²) in [7, 11) is 0. The number of hydrogen-bond acceptors (Lipinski definition) is 2. The van der Waals surface area contributed by atoms with Crippen molar-refractivity contribution < 1.29 is 9.13 Å². The third-order valence-electron chi connectivity index (χ3n) is 4.18. The van der Waals surface area contributed by atoms with Crippen molar-refractivity contribution >= 4 is 0 Å².